The van der Waals surface area contributed by atoms with Gasteiger partial charge in [0.05, 0.1) is 5.76 Å². The summed E-state index contributed by atoms with van der Waals surface area (Å²) in [5.74, 6) is 0.632. The molecule has 0 aromatic heterocycles. The Balaban J connectivity index is 2.37. The van der Waals surface area contributed by atoms with Gasteiger partial charge in [0.15, 0.2) is 0 Å². The lowest BCUT2D eigenvalue weighted by molar-refractivity contribution is 0.273. The summed E-state index contributed by atoms with van der Waals surface area (Å²) in [7, 11) is 0. The smallest absolute Gasteiger partial charge is 0.108 e. The number of aliphatic hydroxyl groups excluding tert-OH is 2. The van der Waals surface area contributed by atoms with E-state index in [4.69, 9.17) is 0 Å². The Morgan fingerprint density at radius 3 is 2.03 bits per heavy atom. The highest BCUT2D eigenvalue weighted by atomic mass is 16.3. The van der Waals surface area contributed by atoms with Gasteiger partial charge in [-0.05, 0) is 71.9 Å². The lowest BCUT2D eigenvalue weighted by Gasteiger charge is -2.47. The van der Waals surface area contributed by atoms with Gasteiger partial charge in [-0.15, -0.1) is 0 Å². The first-order chi connectivity index (χ1) is 15.6. The number of hydrogen-bond donors (Lipinski definition) is 2. The van der Waals surface area contributed by atoms with Gasteiger partial charge in [-0.25, -0.2) is 0 Å². The van der Waals surface area contributed by atoms with Crippen molar-refractivity contribution in [2.75, 3.05) is 0 Å². The second-order valence-corrected chi connectivity index (χ2v) is 10.3. The fourth-order valence-corrected chi connectivity index (χ4v) is 5.11. The molecule has 0 fully saturated rings. The van der Waals surface area contributed by atoms with E-state index in [9.17, 15) is 10.2 Å². The maximum absolute atomic E-state index is 10.1. The van der Waals surface area contributed by atoms with E-state index in [1.807, 2.05) is 12.2 Å². The summed E-state index contributed by atoms with van der Waals surface area (Å²) in [5.41, 5.74) is 6.38. The molecule has 0 aliphatic heterocycles. The number of allylic oxidation sites excluding steroid dienone is 6. The Morgan fingerprint density at radius 1 is 1.00 bits per heavy atom. The van der Waals surface area contributed by atoms with Crippen LogP contribution in [0.15, 0.2) is 96.5 Å². The second-order valence-electron chi connectivity index (χ2n) is 10.3. The molecule has 0 amide bonds. The minimum atomic E-state index is -0.342. The lowest BCUT2D eigenvalue weighted by atomic mass is 9.56. The molecule has 1 atom stereocenters. The third kappa shape index (κ3) is 5.16. The number of aliphatic hydroxyl groups is 2. The minimum absolute atomic E-state index is 0.0343. The molecule has 2 aromatic rings. The molecule has 1 unspecified atom stereocenters. The first-order valence-corrected chi connectivity index (χ1v) is 11.9. The molecule has 0 saturated carbocycles. The molecule has 2 heteroatoms. The maximum Gasteiger partial charge on any atom is 0.108 e. The first-order valence-electron chi connectivity index (χ1n) is 11.9. The highest BCUT2D eigenvalue weighted by Gasteiger charge is 2.45. The molecule has 1 aliphatic carbocycles. The van der Waals surface area contributed by atoms with Crippen LogP contribution in [0.3, 0.4) is 0 Å². The predicted molar refractivity (Wildman–Crippen MR) is 140 cm³/mol. The van der Waals surface area contributed by atoms with E-state index in [1.165, 1.54) is 27.8 Å². The molecule has 2 aromatic carbocycles. The van der Waals surface area contributed by atoms with Crippen molar-refractivity contribution in [1.82, 2.24) is 0 Å². The Bertz CT molecular complexity index is 1040. The number of rotatable bonds is 7. The van der Waals surface area contributed by atoms with Crippen LogP contribution in [0.5, 0.6) is 0 Å². The van der Waals surface area contributed by atoms with E-state index >= 15 is 0 Å². The highest BCUT2D eigenvalue weighted by Crippen LogP contribution is 2.54. The average molecular weight is 443 g/mol. The molecule has 1 aliphatic rings. The summed E-state index contributed by atoms with van der Waals surface area (Å²) >= 11 is 0. The van der Waals surface area contributed by atoms with Crippen LogP contribution in [0.25, 0.3) is 0 Å². The molecule has 0 heterocycles. The van der Waals surface area contributed by atoms with E-state index in [0.717, 1.165) is 19.3 Å². The zero-order valence-electron chi connectivity index (χ0n) is 20.7. The Morgan fingerprint density at radius 2 is 1.55 bits per heavy atom. The fraction of sp³-hybridized carbons (Fsp3) is 0.355. The van der Waals surface area contributed by atoms with Gasteiger partial charge in [-0.1, -0.05) is 101 Å². The van der Waals surface area contributed by atoms with Crippen LogP contribution in [-0.4, -0.2) is 10.2 Å². The standard InChI is InChI=1S/C31H38O2/c1-22(32)13-11-12-20-31(27(19-18-23(2)33)24(3)30(4,5)6)28-16-9-7-14-25(28)21-26-15-8-10-17-29(26)31/h7-11,13-19,24,32-33H,1,12,20-21H2,2-6H3/b13-11-,23-18+,27-19+. The van der Waals surface area contributed by atoms with E-state index < -0.39 is 0 Å². The molecular weight excluding hydrogens is 404 g/mol. The Labute approximate surface area is 199 Å². The number of hydrogen-bond acceptors (Lipinski definition) is 2. The second kappa shape index (κ2) is 9.87. The average Bonchev–Trinajstić information content (AvgIpc) is 2.75. The van der Waals surface area contributed by atoms with Gasteiger partial charge in [0.25, 0.3) is 0 Å². The van der Waals surface area contributed by atoms with Crippen LogP contribution in [-0.2, 0) is 11.8 Å². The van der Waals surface area contributed by atoms with Crippen LogP contribution < -0.4 is 0 Å². The van der Waals surface area contributed by atoms with E-state index in [-0.39, 0.29) is 22.5 Å². The number of benzene rings is 2. The van der Waals surface area contributed by atoms with E-state index in [2.05, 4.69) is 88.9 Å². The van der Waals surface area contributed by atoms with Crippen LogP contribution in [0.2, 0.25) is 0 Å². The zero-order chi connectivity index (χ0) is 24.2. The number of fused-ring (bicyclic) bond motifs is 2. The summed E-state index contributed by atoms with van der Waals surface area (Å²) in [5, 5.41) is 19.7. The Hall–Kier alpha value is -3.00. The van der Waals surface area contributed by atoms with Gasteiger partial charge >= 0.3 is 0 Å². The first kappa shape index (κ1) is 24.6. The van der Waals surface area contributed by atoms with Crippen molar-refractivity contribution >= 4 is 0 Å². The van der Waals surface area contributed by atoms with Crippen molar-refractivity contribution in [3.05, 3.63) is 119 Å². The Kier molecular flexibility index (Phi) is 7.37. The predicted octanol–water partition coefficient (Wildman–Crippen LogP) is 8.36. The largest absolute Gasteiger partial charge is 0.513 e. The van der Waals surface area contributed by atoms with Crippen LogP contribution in [0.1, 0.15) is 69.7 Å². The molecule has 2 N–H and O–H groups in total. The molecule has 33 heavy (non-hydrogen) atoms. The van der Waals surface area contributed by atoms with Crippen molar-refractivity contribution in [1.29, 1.82) is 0 Å². The van der Waals surface area contributed by atoms with Crippen molar-refractivity contribution in [3.63, 3.8) is 0 Å². The van der Waals surface area contributed by atoms with Gasteiger partial charge in [0, 0.05) is 5.41 Å². The molecule has 3 rings (SSSR count). The lowest BCUT2D eigenvalue weighted by Crippen LogP contribution is -2.40. The van der Waals surface area contributed by atoms with Crippen molar-refractivity contribution < 1.29 is 10.2 Å². The summed E-state index contributed by atoms with van der Waals surface area (Å²) in [6.07, 6.45) is 10.2. The summed E-state index contributed by atoms with van der Waals surface area (Å²) in [6.45, 7) is 14.5. The monoisotopic (exact) mass is 442 g/mol. The highest BCUT2D eigenvalue weighted by molar-refractivity contribution is 5.60. The van der Waals surface area contributed by atoms with Crippen molar-refractivity contribution in [2.24, 2.45) is 11.3 Å². The SMILES string of the molecule is C=C(O)/C=C\CCC1(/C(=C/C=C(\C)O)C(C)C(C)(C)C)c2ccccc2Cc2ccccc21. The molecule has 0 saturated heterocycles. The summed E-state index contributed by atoms with van der Waals surface area (Å²) in [4.78, 5) is 0. The van der Waals surface area contributed by atoms with Crippen molar-refractivity contribution in [2.45, 2.75) is 59.3 Å². The molecule has 0 spiro atoms. The fourth-order valence-electron chi connectivity index (χ4n) is 5.11. The summed E-state index contributed by atoms with van der Waals surface area (Å²) in [6, 6.07) is 17.6. The molecule has 0 bridgehead atoms. The molecular formula is C31H38O2. The zero-order valence-corrected chi connectivity index (χ0v) is 20.7. The van der Waals surface area contributed by atoms with Crippen molar-refractivity contribution in [3.8, 4) is 0 Å². The van der Waals surface area contributed by atoms with Crippen LogP contribution in [0, 0.1) is 11.3 Å². The summed E-state index contributed by atoms with van der Waals surface area (Å²) < 4.78 is 0. The third-order valence-electron chi connectivity index (χ3n) is 7.09. The van der Waals surface area contributed by atoms with E-state index in [1.54, 1.807) is 13.0 Å². The van der Waals surface area contributed by atoms with Gasteiger partial charge in [0.1, 0.15) is 5.76 Å². The third-order valence-corrected chi connectivity index (χ3v) is 7.09. The van der Waals surface area contributed by atoms with Gasteiger partial charge in [0.2, 0.25) is 0 Å². The molecule has 2 nitrogen and oxygen atoms in total. The van der Waals surface area contributed by atoms with Gasteiger partial charge < -0.3 is 10.2 Å². The van der Waals surface area contributed by atoms with E-state index in [0.29, 0.717) is 5.76 Å². The van der Waals surface area contributed by atoms with Gasteiger partial charge in [-0.2, -0.15) is 0 Å². The van der Waals surface area contributed by atoms with Gasteiger partial charge in [-0.3, -0.25) is 0 Å². The normalized spacial score (nSPS) is 16.9. The van der Waals surface area contributed by atoms with Crippen LogP contribution in [0.4, 0.5) is 0 Å². The molecule has 174 valence electrons. The minimum Gasteiger partial charge on any atom is -0.513 e. The molecule has 0 radical (unpaired) electrons. The quantitative estimate of drug-likeness (QED) is 0.334. The maximum atomic E-state index is 10.1. The topological polar surface area (TPSA) is 40.5 Å². The van der Waals surface area contributed by atoms with Crippen LogP contribution >= 0.6 is 0 Å².